The minimum absolute atomic E-state index is 0.100. The normalized spacial score (nSPS) is 23.2. The van der Waals surface area contributed by atoms with E-state index in [1.54, 1.807) is 6.07 Å². The van der Waals surface area contributed by atoms with Crippen molar-refractivity contribution < 1.29 is 14.6 Å². The predicted molar refractivity (Wildman–Crippen MR) is 108 cm³/mol. The molecule has 28 heavy (non-hydrogen) atoms. The van der Waals surface area contributed by atoms with Gasteiger partial charge in [0.05, 0.1) is 5.92 Å². The number of phenolic OH excluding ortho intramolecular Hbond substituents is 1. The van der Waals surface area contributed by atoms with Gasteiger partial charge >= 0.3 is 5.97 Å². The van der Waals surface area contributed by atoms with Crippen molar-refractivity contribution in [1.82, 2.24) is 0 Å². The highest BCUT2D eigenvalue weighted by atomic mass is 16.5. The predicted octanol–water partition coefficient (Wildman–Crippen LogP) is 5.28. The van der Waals surface area contributed by atoms with Crippen molar-refractivity contribution in [2.75, 3.05) is 0 Å². The third-order valence-corrected chi connectivity index (χ3v) is 5.84. The number of aromatic hydroxyl groups is 1. The van der Waals surface area contributed by atoms with Gasteiger partial charge in [-0.05, 0) is 41.2 Å². The maximum absolute atomic E-state index is 12.8. The van der Waals surface area contributed by atoms with Crippen molar-refractivity contribution in [3.8, 4) is 11.5 Å². The SMILES string of the molecule is O=C1Oc2cc(O)ccc2C2=C[C@@H](c3ccccc3)[C@@H](c3ccccc3)C[C@@H]12. The van der Waals surface area contributed by atoms with Crippen LogP contribution in [0.15, 0.2) is 84.9 Å². The molecule has 2 aliphatic rings. The van der Waals surface area contributed by atoms with E-state index in [0.717, 1.165) is 11.1 Å². The molecule has 0 bridgehead atoms. The molecule has 1 heterocycles. The smallest absolute Gasteiger partial charge is 0.318 e. The molecule has 1 aliphatic heterocycles. The zero-order chi connectivity index (χ0) is 19.1. The Morgan fingerprint density at radius 3 is 2.25 bits per heavy atom. The van der Waals surface area contributed by atoms with E-state index in [9.17, 15) is 9.90 Å². The third-order valence-electron chi connectivity index (χ3n) is 5.84. The van der Waals surface area contributed by atoms with Crippen molar-refractivity contribution >= 4 is 11.5 Å². The second-order valence-electron chi connectivity index (χ2n) is 7.47. The average Bonchev–Trinajstić information content (AvgIpc) is 2.74. The molecule has 0 amide bonds. The Morgan fingerprint density at radius 2 is 1.54 bits per heavy atom. The first-order chi connectivity index (χ1) is 13.7. The van der Waals surface area contributed by atoms with Crippen molar-refractivity contribution in [2.24, 2.45) is 5.92 Å². The number of phenols is 1. The first kappa shape index (κ1) is 16.8. The van der Waals surface area contributed by atoms with Gasteiger partial charge in [-0.1, -0.05) is 66.7 Å². The number of benzene rings is 3. The Bertz CT molecular complexity index is 1050. The molecule has 0 radical (unpaired) electrons. The van der Waals surface area contributed by atoms with E-state index in [1.165, 1.54) is 17.2 Å². The molecule has 3 aromatic rings. The quantitative estimate of drug-likeness (QED) is 0.494. The number of carbonyl (C=O) groups excluding carboxylic acids is 1. The van der Waals surface area contributed by atoms with E-state index in [-0.39, 0.29) is 29.5 Å². The molecule has 0 fully saturated rings. The fourth-order valence-corrected chi connectivity index (χ4v) is 4.51. The maximum atomic E-state index is 12.8. The van der Waals surface area contributed by atoms with Crippen LogP contribution in [0.1, 0.15) is 34.9 Å². The second-order valence-corrected chi connectivity index (χ2v) is 7.47. The zero-order valence-electron chi connectivity index (χ0n) is 15.3. The molecule has 138 valence electrons. The Hall–Kier alpha value is -3.33. The molecule has 0 unspecified atom stereocenters. The van der Waals surface area contributed by atoms with E-state index in [1.807, 2.05) is 30.3 Å². The Morgan fingerprint density at radius 1 is 0.857 bits per heavy atom. The summed E-state index contributed by atoms with van der Waals surface area (Å²) in [6, 6.07) is 25.8. The number of rotatable bonds is 2. The largest absolute Gasteiger partial charge is 0.508 e. The van der Waals surface area contributed by atoms with Gasteiger partial charge in [-0.2, -0.15) is 0 Å². The number of carbonyl (C=O) groups is 1. The number of ether oxygens (including phenoxy) is 1. The van der Waals surface area contributed by atoms with Gasteiger partial charge in [-0.3, -0.25) is 4.79 Å². The van der Waals surface area contributed by atoms with Crippen LogP contribution in [0.3, 0.4) is 0 Å². The average molecular weight is 368 g/mol. The number of esters is 1. The van der Waals surface area contributed by atoms with Gasteiger partial charge in [0.25, 0.3) is 0 Å². The maximum Gasteiger partial charge on any atom is 0.318 e. The number of fused-ring (bicyclic) bond motifs is 3. The summed E-state index contributed by atoms with van der Waals surface area (Å²) in [5.41, 5.74) is 4.37. The van der Waals surface area contributed by atoms with Crippen molar-refractivity contribution in [2.45, 2.75) is 18.3 Å². The summed E-state index contributed by atoms with van der Waals surface area (Å²) in [6.45, 7) is 0. The van der Waals surface area contributed by atoms with Gasteiger partial charge in [0, 0.05) is 17.5 Å². The van der Waals surface area contributed by atoms with Gasteiger partial charge in [-0.25, -0.2) is 0 Å². The molecular weight excluding hydrogens is 348 g/mol. The van der Waals surface area contributed by atoms with Gasteiger partial charge in [0.2, 0.25) is 0 Å². The van der Waals surface area contributed by atoms with Crippen LogP contribution < -0.4 is 4.74 Å². The molecule has 1 N–H and O–H groups in total. The van der Waals surface area contributed by atoms with Crippen molar-refractivity contribution in [1.29, 1.82) is 0 Å². The summed E-state index contributed by atoms with van der Waals surface area (Å²) in [5, 5.41) is 9.78. The molecule has 3 atom stereocenters. The lowest BCUT2D eigenvalue weighted by atomic mass is 9.68. The van der Waals surface area contributed by atoms with Crippen LogP contribution in [0.4, 0.5) is 0 Å². The minimum atomic E-state index is -0.290. The van der Waals surface area contributed by atoms with Crippen molar-refractivity contribution in [3.05, 3.63) is 102 Å². The van der Waals surface area contributed by atoms with E-state index in [4.69, 9.17) is 4.74 Å². The van der Waals surface area contributed by atoms with Crippen LogP contribution >= 0.6 is 0 Å². The summed E-state index contributed by atoms with van der Waals surface area (Å²) in [4.78, 5) is 12.8. The first-order valence-corrected chi connectivity index (χ1v) is 9.57. The summed E-state index contributed by atoms with van der Waals surface area (Å²) in [7, 11) is 0. The van der Waals surface area contributed by atoms with Crippen LogP contribution in [0.2, 0.25) is 0 Å². The molecule has 0 spiro atoms. The summed E-state index contributed by atoms with van der Waals surface area (Å²) in [5.74, 6) is 0.380. The summed E-state index contributed by atoms with van der Waals surface area (Å²) < 4.78 is 5.57. The molecule has 0 aromatic heterocycles. The lowest BCUT2D eigenvalue weighted by Gasteiger charge is -2.38. The highest BCUT2D eigenvalue weighted by Gasteiger charge is 2.41. The van der Waals surface area contributed by atoms with Gasteiger partial charge in [0.1, 0.15) is 11.5 Å². The molecule has 3 nitrogen and oxygen atoms in total. The van der Waals surface area contributed by atoms with E-state index in [0.29, 0.717) is 12.2 Å². The van der Waals surface area contributed by atoms with E-state index >= 15 is 0 Å². The molecule has 3 aromatic carbocycles. The monoisotopic (exact) mass is 368 g/mol. The molecule has 0 saturated carbocycles. The first-order valence-electron chi connectivity index (χ1n) is 9.57. The number of hydrogen-bond acceptors (Lipinski definition) is 3. The number of hydrogen-bond donors (Lipinski definition) is 1. The zero-order valence-corrected chi connectivity index (χ0v) is 15.3. The van der Waals surface area contributed by atoms with E-state index in [2.05, 4.69) is 42.5 Å². The van der Waals surface area contributed by atoms with Gasteiger partial charge in [0.15, 0.2) is 0 Å². The number of allylic oxidation sites excluding steroid dienone is 1. The topological polar surface area (TPSA) is 46.5 Å². The van der Waals surface area contributed by atoms with Gasteiger partial charge in [-0.15, -0.1) is 0 Å². The van der Waals surface area contributed by atoms with Crippen LogP contribution in [0, 0.1) is 5.92 Å². The summed E-state index contributed by atoms with van der Waals surface area (Å²) >= 11 is 0. The summed E-state index contributed by atoms with van der Waals surface area (Å²) in [6.07, 6.45) is 2.94. The third kappa shape index (κ3) is 2.80. The molecule has 1 aliphatic carbocycles. The Labute approximate surface area is 163 Å². The Balaban J connectivity index is 1.68. The van der Waals surface area contributed by atoms with Crippen LogP contribution in [-0.2, 0) is 4.79 Å². The Kier molecular flexibility index (Phi) is 4.01. The molecule has 5 rings (SSSR count). The molecular formula is C25H20O3. The molecule has 0 saturated heterocycles. The van der Waals surface area contributed by atoms with Gasteiger partial charge < -0.3 is 9.84 Å². The molecule has 3 heteroatoms. The fourth-order valence-electron chi connectivity index (χ4n) is 4.51. The van der Waals surface area contributed by atoms with E-state index < -0.39 is 0 Å². The standard InChI is InChI=1S/C25H20O3/c26-18-11-12-19-22-14-20(16-7-3-1-4-8-16)21(17-9-5-2-6-10-17)15-23(22)25(27)28-24(19)13-18/h1-14,20-21,23,26H,15H2/t20-,21+,23+/m0/s1. The van der Waals surface area contributed by atoms with Crippen LogP contribution in [0.25, 0.3) is 5.57 Å². The van der Waals surface area contributed by atoms with Crippen LogP contribution in [0.5, 0.6) is 11.5 Å². The van der Waals surface area contributed by atoms with Crippen molar-refractivity contribution in [3.63, 3.8) is 0 Å². The van der Waals surface area contributed by atoms with Crippen LogP contribution in [-0.4, -0.2) is 11.1 Å². The highest BCUT2D eigenvalue weighted by molar-refractivity contribution is 5.96. The lowest BCUT2D eigenvalue weighted by Crippen LogP contribution is -2.32. The lowest BCUT2D eigenvalue weighted by molar-refractivity contribution is -0.138. The highest BCUT2D eigenvalue weighted by Crippen LogP contribution is 2.51. The minimum Gasteiger partial charge on any atom is -0.508 e. The fraction of sp³-hybridized carbons (Fsp3) is 0.160. The second kappa shape index (κ2) is 6.68.